The third-order valence-electron chi connectivity index (χ3n) is 1.79. The van der Waals surface area contributed by atoms with E-state index in [4.69, 9.17) is 5.73 Å². The Balaban J connectivity index is 2.62. The zero-order valence-electron chi connectivity index (χ0n) is 7.30. The molecule has 0 radical (unpaired) electrons. The van der Waals surface area contributed by atoms with Gasteiger partial charge in [-0.1, -0.05) is 5.16 Å². The lowest BCUT2D eigenvalue weighted by atomic mass is 10.1. The lowest BCUT2D eigenvalue weighted by molar-refractivity contribution is 0.429. The third kappa shape index (κ3) is 1.65. The highest BCUT2D eigenvalue weighted by molar-refractivity contribution is 5.60. The first-order valence-electron chi connectivity index (χ1n) is 3.95. The summed E-state index contributed by atoms with van der Waals surface area (Å²) in [7, 11) is 0. The smallest absolute Gasteiger partial charge is 0.172 e. The number of benzene rings is 1. The molecule has 0 atom stereocenters. The van der Waals surface area contributed by atoms with Crippen LogP contribution >= 0.6 is 0 Å². The fourth-order valence-electron chi connectivity index (χ4n) is 1.15. The van der Waals surface area contributed by atoms with Crippen LogP contribution in [-0.2, 0) is 0 Å². The molecule has 78 valence electrons. The van der Waals surface area contributed by atoms with E-state index in [0.29, 0.717) is 6.07 Å². The summed E-state index contributed by atoms with van der Waals surface area (Å²) in [6, 6.07) is 2.42. The monoisotopic (exact) mass is 214 g/mol. The fourth-order valence-corrected chi connectivity index (χ4v) is 1.15. The molecular formula is C9H5F3N2O. The van der Waals surface area contributed by atoms with Gasteiger partial charge < -0.3 is 10.3 Å². The molecule has 0 amide bonds. The number of anilines is 1. The maximum atomic E-state index is 13.2. The van der Waals surface area contributed by atoms with E-state index in [2.05, 4.69) is 9.68 Å². The van der Waals surface area contributed by atoms with Crippen LogP contribution in [0.1, 0.15) is 0 Å². The number of halogens is 3. The van der Waals surface area contributed by atoms with Crippen molar-refractivity contribution in [1.82, 2.24) is 5.16 Å². The van der Waals surface area contributed by atoms with Gasteiger partial charge in [-0.3, -0.25) is 0 Å². The zero-order chi connectivity index (χ0) is 11.0. The SMILES string of the molecule is Nc1cc(-c2cc(F)cc(F)c2F)on1. The summed E-state index contributed by atoms with van der Waals surface area (Å²) in [4.78, 5) is 0. The second-order valence-electron chi connectivity index (χ2n) is 2.87. The predicted molar refractivity (Wildman–Crippen MR) is 46.2 cm³/mol. The van der Waals surface area contributed by atoms with Crippen LogP contribution in [0.25, 0.3) is 11.3 Å². The van der Waals surface area contributed by atoms with Crippen LogP contribution in [0.2, 0.25) is 0 Å². The number of nitrogens with zero attached hydrogens (tertiary/aromatic N) is 1. The van der Waals surface area contributed by atoms with E-state index in [1.54, 1.807) is 0 Å². The Hall–Kier alpha value is -1.98. The van der Waals surface area contributed by atoms with Crippen molar-refractivity contribution in [2.45, 2.75) is 0 Å². The molecule has 0 bridgehead atoms. The van der Waals surface area contributed by atoms with Crippen LogP contribution in [0.15, 0.2) is 22.7 Å². The molecule has 1 heterocycles. The van der Waals surface area contributed by atoms with E-state index in [1.165, 1.54) is 6.07 Å². The average Bonchev–Trinajstić information content (AvgIpc) is 2.58. The molecule has 0 aliphatic heterocycles. The number of hydrogen-bond donors (Lipinski definition) is 1. The van der Waals surface area contributed by atoms with Gasteiger partial charge >= 0.3 is 0 Å². The molecule has 2 rings (SSSR count). The summed E-state index contributed by atoms with van der Waals surface area (Å²) in [5.74, 6) is -3.51. The summed E-state index contributed by atoms with van der Waals surface area (Å²) in [6.45, 7) is 0. The molecule has 0 unspecified atom stereocenters. The van der Waals surface area contributed by atoms with Crippen LogP contribution in [-0.4, -0.2) is 5.16 Å². The topological polar surface area (TPSA) is 52.0 Å². The highest BCUT2D eigenvalue weighted by Gasteiger charge is 2.16. The van der Waals surface area contributed by atoms with Crippen LogP contribution < -0.4 is 5.73 Å². The minimum Gasteiger partial charge on any atom is -0.381 e. The van der Waals surface area contributed by atoms with Crippen molar-refractivity contribution >= 4 is 5.82 Å². The standard InChI is InChI=1S/C9H5F3N2O/c10-4-1-5(9(12)6(11)2-4)7-3-8(13)14-15-7/h1-3H,(H2,13,14). The van der Waals surface area contributed by atoms with Crippen molar-refractivity contribution in [2.24, 2.45) is 0 Å². The third-order valence-corrected chi connectivity index (χ3v) is 1.79. The molecule has 0 fully saturated rings. The minimum absolute atomic E-state index is 0.00840. The lowest BCUT2D eigenvalue weighted by Gasteiger charge is -1.99. The van der Waals surface area contributed by atoms with Gasteiger partial charge in [0.1, 0.15) is 5.82 Å². The van der Waals surface area contributed by atoms with Gasteiger partial charge in [0.25, 0.3) is 0 Å². The van der Waals surface area contributed by atoms with Crippen molar-refractivity contribution in [3.63, 3.8) is 0 Å². The van der Waals surface area contributed by atoms with Gasteiger partial charge in [-0.2, -0.15) is 0 Å². The number of aromatic nitrogens is 1. The maximum Gasteiger partial charge on any atom is 0.172 e. The van der Waals surface area contributed by atoms with E-state index in [9.17, 15) is 13.2 Å². The Bertz CT molecular complexity index is 510. The molecule has 2 N–H and O–H groups in total. The van der Waals surface area contributed by atoms with Crippen molar-refractivity contribution in [2.75, 3.05) is 5.73 Å². The van der Waals surface area contributed by atoms with Gasteiger partial charge in [0.05, 0.1) is 5.56 Å². The molecular weight excluding hydrogens is 209 g/mol. The summed E-state index contributed by atoms with van der Waals surface area (Å²) in [5.41, 5.74) is 4.88. The largest absolute Gasteiger partial charge is 0.381 e. The predicted octanol–water partition coefficient (Wildman–Crippen LogP) is 2.34. The van der Waals surface area contributed by atoms with Gasteiger partial charge in [-0.15, -0.1) is 0 Å². The second kappa shape index (κ2) is 3.30. The molecule has 0 saturated carbocycles. The molecule has 0 aliphatic carbocycles. The number of nitrogens with two attached hydrogens (primary N) is 1. The quantitative estimate of drug-likeness (QED) is 0.741. The fraction of sp³-hybridized carbons (Fsp3) is 0. The summed E-state index contributed by atoms with van der Waals surface area (Å²) < 4.78 is 43.4. The molecule has 2 aromatic rings. The first kappa shape index (κ1) is 9.57. The van der Waals surface area contributed by atoms with Crippen LogP contribution in [0.4, 0.5) is 19.0 Å². The molecule has 0 saturated heterocycles. The van der Waals surface area contributed by atoms with Gasteiger partial charge in [-0.05, 0) is 6.07 Å². The van der Waals surface area contributed by atoms with E-state index in [0.717, 1.165) is 6.07 Å². The first-order valence-corrected chi connectivity index (χ1v) is 3.95. The highest BCUT2D eigenvalue weighted by Crippen LogP contribution is 2.26. The summed E-state index contributed by atoms with van der Waals surface area (Å²) in [5, 5.41) is 3.28. The van der Waals surface area contributed by atoms with Crippen LogP contribution in [0.5, 0.6) is 0 Å². The van der Waals surface area contributed by atoms with Crippen LogP contribution in [0.3, 0.4) is 0 Å². The highest BCUT2D eigenvalue weighted by atomic mass is 19.2. The zero-order valence-corrected chi connectivity index (χ0v) is 7.30. The van der Waals surface area contributed by atoms with Crippen molar-refractivity contribution in [1.29, 1.82) is 0 Å². The Kier molecular flexibility index (Phi) is 2.11. The number of hydrogen-bond acceptors (Lipinski definition) is 3. The Morgan fingerprint density at radius 3 is 2.47 bits per heavy atom. The molecule has 0 spiro atoms. The lowest BCUT2D eigenvalue weighted by Crippen LogP contribution is -1.91. The van der Waals surface area contributed by atoms with Gasteiger partial charge in [-0.25, -0.2) is 13.2 Å². The number of nitrogen functional groups attached to an aromatic ring is 1. The molecule has 6 heteroatoms. The molecule has 1 aromatic carbocycles. The average molecular weight is 214 g/mol. The van der Waals surface area contributed by atoms with E-state index >= 15 is 0 Å². The number of rotatable bonds is 1. The van der Waals surface area contributed by atoms with Crippen molar-refractivity contribution < 1.29 is 17.7 Å². The Labute approximate surface area is 82.3 Å². The van der Waals surface area contributed by atoms with Gasteiger partial charge in [0.15, 0.2) is 23.2 Å². The Morgan fingerprint density at radius 2 is 1.87 bits per heavy atom. The van der Waals surface area contributed by atoms with E-state index < -0.39 is 17.5 Å². The molecule has 1 aromatic heterocycles. The van der Waals surface area contributed by atoms with Gasteiger partial charge in [0.2, 0.25) is 0 Å². The van der Waals surface area contributed by atoms with E-state index in [1.807, 2.05) is 0 Å². The van der Waals surface area contributed by atoms with Crippen molar-refractivity contribution in [3.05, 3.63) is 35.7 Å². The normalized spacial score (nSPS) is 10.6. The molecule has 0 aliphatic rings. The summed E-state index contributed by atoms with van der Waals surface area (Å²) >= 11 is 0. The second-order valence-corrected chi connectivity index (χ2v) is 2.87. The first-order chi connectivity index (χ1) is 7.08. The van der Waals surface area contributed by atoms with Gasteiger partial charge in [0, 0.05) is 12.1 Å². The van der Waals surface area contributed by atoms with Crippen LogP contribution in [0, 0.1) is 17.5 Å². The molecule has 15 heavy (non-hydrogen) atoms. The Morgan fingerprint density at radius 1 is 1.13 bits per heavy atom. The van der Waals surface area contributed by atoms with Crippen molar-refractivity contribution in [3.8, 4) is 11.3 Å². The van der Waals surface area contributed by atoms with E-state index in [-0.39, 0.29) is 17.1 Å². The maximum absolute atomic E-state index is 13.2. The minimum atomic E-state index is -1.29. The molecule has 3 nitrogen and oxygen atoms in total. The summed E-state index contributed by atoms with van der Waals surface area (Å²) in [6.07, 6.45) is 0.